The van der Waals surface area contributed by atoms with E-state index in [1.165, 1.54) is 50.9 Å². The summed E-state index contributed by atoms with van der Waals surface area (Å²) in [5.74, 6) is 3.12. The van der Waals surface area contributed by atoms with Crippen LogP contribution < -0.4 is 10.6 Å². The fourth-order valence-corrected chi connectivity index (χ4v) is 4.48. The summed E-state index contributed by atoms with van der Waals surface area (Å²) in [4.78, 5) is 7.03. The first-order valence-corrected chi connectivity index (χ1v) is 9.20. The molecule has 0 spiro atoms. The number of hydrogen-bond acceptors (Lipinski definition) is 3. The van der Waals surface area contributed by atoms with Crippen LogP contribution in [0.25, 0.3) is 0 Å². The Labute approximate surface area is 150 Å². The molecule has 1 aliphatic carbocycles. The van der Waals surface area contributed by atoms with Crippen LogP contribution in [0.3, 0.4) is 0 Å². The lowest BCUT2D eigenvalue weighted by Gasteiger charge is -2.18. The Morgan fingerprint density at radius 3 is 2.67 bits per heavy atom. The van der Waals surface area contributed by atoms with Crippen LogP contribution >= 0.6 is 35.7 Å². The minimum atomic E-state index is 0. The molecule has 2 unspecified atom stereocenters. The van der Waals surface area contributed by atoms with E-state index >= 15 is 0 Å². The summed E-state index contributed by atoms with van der Waals surface area (Å²) in [6, 6.07) is 0.928. The maximum absolute atomic E-state index is 4.35. The molecule has 3 rings (SSSR count). The largest absolute Gasteiger partial charge is 0.356 e. The van der Waals surface area contributed by atoms with Gasteiger partial charge in [-0.3, -0.25) is 4.99 Å². The second-order valence-corrected chi connectivity index (χ2v) is 7.76. The molecule has 0 amide bonds. The molecule has 3 aliphatic rings. The summed E-state index contributed by atoms with van der Waals surface area (Å²) in [7, 11) is 1.88. The van der Waals surface area contributed by atoms with Crippen molar-refractivity contribution in [1.29, 1.82) is 0 Å². The third-order valence-corrected chi connectivity index (χ3v) is 6.08. The van der Waals surface area contributed by atoms with Crippen LogP contribution in [0.15, 0.2) is 4.99 Å². The third-order valence-electron chi connectivity index (χ3n) is 4.68. The van der Waals surface area contributed by atoms with Crippen molar-refractivity contribution < 1.29 is 0 Å². The molecule has 0 aromatic rings. The molecule has 3 fully saturated rings. The van der Waals surface area contributed by atoms with Crippen molar-refractivity contribution in [1.82, 2.24) is 15.5 Å². The highest BCUT2D eigenvalue weighted by atomic mass is 127. The Morgan fingerprint density at radius 1 is 1.19 bits per heavy atom. The summed E-state index contributed by atoms with van der Waals surface area (Å²) < 4.78 is 0. The first-order chi connectivity index (χ1) is 9.85. The smallest absolute Gasteiger partial charge is 0.191 e. The summed E-state index contributed by atoms with van der Waals surface area (Å²) in [5, 5.41) is 7.79. The number of thioether (sulfide) groups is 1. The van der Waals surface area contributed by atoms with E-state index in [0.717, 1.165) is 36.3 Å². The summed E-state index contributed by atoms with van der Waals surface area (Å²) in [6.45, 7) is 4.72. The highest BCUT2D eigenvalue weighted by molar-refractivity contribution is 14.0. The molecule has 2 atom stereocenters. The third kappa shape index (κ3) is 5.46. The van der Waals surface area contributed by atoms with E-state index in [1.54, 1.807) is 0 Å². The molecule has 0 aromatic heterocycles. The zero-order valence-corrected chi connectivity index (χ0v) is 16.2. The fourth-order valence-electron chi connectivity index (χ4n) is 3.28. The average molecular weight is 424 g/mol. The second-order valence-electron chi connectivity index (χ2n) is 6.35. The van der Waals surface area contributed by atoms with Crippen LogP contribution in [0.2, 0.25) is 0 Å². The van der Waals surface area contributed by atoms with Gasteiger partial charge in [0.05, 0.1) is 0 Å². The predicted molar refractivity (Wildman–Crippen MR) is 103 cm³/mol. The number of rotatable bonds is 5. The minimum absolute atomic E-state index is 0. The molecule has 2 N–H and O–H groups in total. The van der Waals surface area contributed by atoms with Gasteiger partial charge in [0.2, 0.25) is 0 Å². The Kier molecular flexibility index (Phi) is 7.41. The molecule has 122 valence electrons. The molecule has 0 bridgehead atoms. The van der Waals surface area contributed by atoms with Crippen molar-refractivity contribution in [2.24, 2.45) is 10.9 Å². The van der Waals surface area contributed by atoms with Crippen molar-refractivity contribution in [3.63, 3.8) is 0 Å². The van der Waals surface area contributed by atoms with Crippen LogP contribution in [-0.2, 0) is 0 Å². The van der Waals surface area contributed by atoms with E-state index in [1.807, 2.05) is 7.05 Å². The molecular formula is C15H29IN4S. The van der Waals surface area contributed by atoms with Crippen LogP contribution in [0.5, 0.6) is 0 Å². The molecule has 2 aliphatic heterocycles. The highest BCUT2D eigenvalue weighted by Gasteiger charge is 2.34. The molecule has 1 saturated carbocycles. The number of aliphatic imine (C=N–C) groups is 1. The zero-order chi connectivity index (χ0) is 13.8. The Hall–Kier alpha value is 0.310. The first-order valence-electron chi connectivity index (χ1n) is 8.15. The van der Waals surface area contributed by atoms with Gasteiger partial charge in [-0.15, -0.1) is 24.0 Å². The van der Waals surface area contributed by atoms with E-state index < -0.39 is 0 Å². The Balaban J connectivity index is 0.00000161. The van der Waals surface area contributed by atoms with Crippen LogP contribution in [0, 0.1) is 5.92 Å². The molecule has 4 nitrogen and oxygen atoms in total. The molecule has 0 aromatic carbocycles. The van der Waals surface area contributed by atoms with Gasteiger partial charge in [-0.1, -0.05) is 0 Å². The van der Waals surface area contributed by atoms with Gasteiger partial charge in [0, 0.05) is 38.0 Å². The number of nitrogens with one attached hydrogen (secondary N) is 2. The number of guanidine groups is 1. The standard InChI is InChI=1S/C15H28N4S.HI/c1-16-15(18-10-14-3-2-8-20-14)17-9-12-6-7-19(11-12)13-4-5-13;/h12-14H,2-11H2,1H3,(H2,16,17,18);1H. The molecule has 2 saturated heterocycles. The summed E-state index contributed by atoms with van der Waals surface area (Å²) >= 11 is 2.10. The van der Waals surface area contributed by atoms with Gasteiger partial charge in [0.1, 0.15) is 0 Å². The average Bonchev–Trinajstić information content (AvgIpc) is 3.01. The zero-order valence-electron chi connectivity index (χ0n) is 13.0. The number of nitrogens with zero attached hydrogens (tertiary/aromatic N) is 2. The summed E-state index contributed by atoms with van der Waals surface area (Å²) in [5.41, 5.74) is 0. The molecule has 2 heterocycles. The van der Waals surface area contributed by atoms with Gasteiger partial charge in [-0.25, -0.2) is 0 Å². The predicted octanol–water partition coefficient (Wildman–Crippen LogP) is 2.15. The second kappa shape index (κ2) is 8.82. The first kappa shape index (κ1) is 17.7. The van der Waals surface area contributed by atoms with Gasteiger partial charge in [0.15, 0.2) is 5.96 Å². The van der Waals surface area contributed by atoms with Gasteiger partial charge in [-0.2, -0.15) is 11.8 Å². The van der Waals surface area contributed by atoms with E-state index in [-0.39, 0.29) is 24.0 Å². The molecular weight excluding hydrogens is 395 g/mol. The van der Waals surface area contributed by atoms with E-state index in [2.05, 4.69) is 32.3 Å². The van der Waals surface area contributed by atoms with Crippen molar-refractivity contribution in [3.05, 3.63) is 0 Å². The van der Waals surface area contributed by atoms with Gasteiger partial charge in [0.25, 0.3) is 0 Å². The monoisotopic (exact) mass is 424 g/mol. The van der Waals surface area contributed by atoms with Gasteiger partial charge in [-0.05, 0) is 50.3 Å². The van der Waals surface area contributed by atoms with Crippen molar-refractivity contribution in [2.45, 2.75) is 43.4 Å². The maximum atomic E-state index is 4.35. The van der Waals surface area contributed by atoms with Crippen molar-refractivity contribution >= 4 is 41.7 Å². The quantitative estimate of drug-likeness (QED) is 0.403. The summed E-state index contributed by atoms with van der Waals surface area (Å²) in [6.07, 6.45) is 6.94. The molecule has 6 heteroatoms. The normalized spacial score (nSPS) is 30.2. The van der Waals surface area contributed by atoms with Crippen LogP contribution in [0.4, 0.5) is 0 Å². The number of likely N-dealkylation sites (tertiary alicyclic amines) is 1. The fraction of sp³-hybridized carbons (Fsp3) is 0.933. The van der Waals surface area contributed by atoms with Crippen LogP contribution in [-0.4, -0.2) is 61.1 Å². The molecule has 0 radical (unpaired) electrons. The lowest BCUT2D eigenvalue weighted by Crippen LogP contribution is -2.42. The van der Waals surface area contributed by atoms with E-state index in [0.29, 0.717) is 0 Å². The Morgan fingerprint density at radius 2 is 2.00 bits per heavy atom. The van der Waals surface area contributed by atoms with E-state index in [4.69, 9.17) is 0 Å². The van der Waals surface area contributed by atoms with Crippen molar-refractivity contribution in [3.8, 4) is 0 Å². The number of hydrogen-bond donors (Lipinski definition) is 2. The highest BCUT2D eigenvalue weighted by Crippen LogP contribution is 2.31. The lowest BCUT2D eigenvalue weighted by atomic mass is 10.1. The lowest BCUT2D eigenvalue weighted by molar-refractivity contribution is 0.314. The number of halogens is 1. The van der Waals surface area contributed by atoms with Gasteiger partial charge >= 0.3 is 0 Å². The molecule has 21 heavy (non-hydrogen) atoms. The van der Waals surface area contributed by atoms with Crippen molar-refractivity contribution in [2.75, 3.05) is 39.0 Å². The van der Waals surface area contributed by atoms with Crippen LogP contribution in [0.1, 0.15) is 32.1 Å². The minimum Gasteiger partial charge on any atom is -0.356 e. The SMILES string of the molecule is CN=C(NCC1CCN(C2CC2)C1)NCC1CCCS1.I. The maximum Gasteiger partial charge on any atom is 0.191 e. The Bertz CT molecular complexity index is 343. The topological polar surface area (TPSA) is 39.7 Å². The van der Waals surface area contributed by atoms with E-state index in [9.17, 15) is 0 Å². The van der Waals surface area contributed by atoms with Gasteiger partial charge < -0.3 is 15.5 Å².